The number of hydrogen-bond donors (Lipinski definition) is 2. The second-order valence-electron chi connectivity index (χ2n) is 6.03. The molecule has 6 nitrogen and oxygen atoms in total. The maximum Gasteiger partial charge on any atom is 0.493 e. The van der Waals surface area contributed by atoms with E-state index in [-0.39, 0.29) is 13.0 Å². The predicted molar refractivity (Wildman–Crippen MR) is 97.8 cm³/mol. The average Bonchev–Trinajstić information content (AvgIpc) is 2.60. The number of amides is 1. The van der Waals surface area contributed by atoms with Crippen LogP contribution in [0.25, 0.3) is 0 Å². The Bertz CT molecular complexity index is 523. The molecule has 0 aliphatic rings. The van der Waals surface area contributed by atoms with Crippen molar-refractivity contribution in [3.05, 3.63) is 35.9 Å². The summed E-state index contributed by atoms with van der Waals surface area (Å²) in [5.74, 6) is -0.408. The Balaban J connectivity index is 2.07. The van der Waals surface area contributed by atoms with Crippen LogP contribution in [-0.2, 0) is 24.9 Å². The van der Waals surface area contributed by atoms with Crippen molar-refractivity contribution < 1.29 is 23.4 Å². The highest BCUT2D eigenvalue weighted by molar-refractivity contribution is 7.47. The third-order valence-corrected chi connectivity index (χ3v) is 4.60. The van der Waals surface area contributed by atoms with E-state index in [4.69, 9.17) is 4.52 Å². The highest BCUT2D eigenvalue weighted by Crippen LogP contribution is 2.41. The van der Waals surface area contributed by atoms with Gasteiger partial charge >= 0.3 is 7.82 Å². The number of unbranched alkanes of at least 4 members (excludes halogenated alkanes) is 6. The second-order valence-corrected chi connectivity index (χ2v) is 7.40. The minimum Gasteiger partial charge on any atom is -0.301 e. The van der Waals surface area contributed by atoms with Crippen LogP contribution in [0.1, 0.15) is 63.9 Å². The number of nitrogens with one attached hydrogen (secondary N) is 1. The third-order valence-electron chi connectivity index (χ3n) is 3.77. The van der Waals surface area contributed by atoms with Gasteiger partial charge in [0.2, 0.25) is 5.91 Å². The number of hydroxylamine groups is 1. The number of carbonyl (C=O) groups is 1. The molecule has 1 unspecified atom stereocenters. The second kappa shape index (κ2) is 13.1. The molecular formula is C18H30NO5P. The van der Waals surface area contributed by atoms with Crippen LogP contribution in [0.4, 0.5) is 0 Å². The molecule has 25 heavy (non-hydrogen) atoms. The Morgan fingerprint density at radius 3 is 2.40 bits per heavy atom. The topological polar surface area (TPSA) is 84.9 Å². The highest BCUT2D eigenvalue weighted by Gasteiger charge is 2.22. The van der Waals surface area contributed by atoms with E-state index in [0.29, 0.717) is 6.42 Å². The van der Waals surface area contributed by atoms with Crippen LogP contribution in [0.3, 0.4) is 0 Å². The molecule has 0 aliphatic carbocycles. The Morgan fingerprint density at radius 1 is 1.08 bits per heavy atom. The van der Waals surface area contributed by atoms with E-state index in [2.05, 4.69) is 11.5 Å². The summed E-state index contributed by atoms with van der Waals surface area (Å²) in [6.45, 7) is 2.21. The summed E-state index contributed by atoms with van der Waals surface area (Å²) in [7, 11) is -4.27. The fourth-order valence-corrected chi connectivity index (χ4v) is 2.94. The van der Waals surface area contributed by atoms with E-state index in [1.807, 2.05) is 35.8 Å². The van der Waals surface area contributed by atoms with Crippen LogP contribution in [0.15, 0.2) is 30.3 Å². The van der Waals surface area contributed by atoms with E-state index < -0.39 is 13.7 Å². The van der Waals surface area contributed by atoms with Crippen LogP contribution < -0.4 is 5.48 Å². The zero-order valence-electron chi connectivity index (χ0n) is 15.0. The molecule has 142 valence electrons. The standard InChI is InChI=1S/C18H30NO5P/c1-2-3-4-5-6-7-11-14-18(20)19-24-25(21,22)23-16-15-17-12-9-8-10-13-17/h8-10,12-13H,2-7,11,14-16H2,1H3,(H,19,20)(H,21,22). The molecule has 7 heteroatoms. The molecule has 1 aromatic rings. The van der Waals surface area contributed by atoms with Gasteiger partial charge in [0.1, 0.15) is 0 Å². The zero-order valence-corrected chi connectivity index (χ0v) is 15.9. The number of benzene rings is 1. The predicted octanol–water partition coefficient (Wildman–Crippen LogP) is 4.53. The largest absolute Gasteiger partial charge is 0.493 e. The molecule has 1 amide bonds. The van der Waals surface area contributed by atoms with Crippen molar-refractivity contribution in [1.82, 2.24) is 5.48 Å². The van der Waals surface area contributed by atoms with Gasteiger partial charge in [-0.05, 0) is 18.4 Å². The Hall–Kier alpha value is -1.20. The average molecular weight is 371 g/mol. The van der Waals surface area contributed by atoms with Crippen LogP contribution >= 0.6 is 7.82 Å². The van der Waals surface area contributed by atoms with Gasteiger partial charge in [-0.3, -0.25) is 9.32 Å². The van der Waals surface area contributed by atoms with Gasteiger partial charge < -0.3 is 4.89 Å². The van der Waals surface area contributed by atoms with Gasteiger partial charge in [0.05, 0.1) is 6.61 Å². The number of hydrogen-bond acceptors (Lipinski definition) is 4. The van der Waals surface area contributed by atoms with Crippen LogP contribution in [0, 0.1) is 0 Å². The van der Waals surface area contributed by atoms with Crippen molar-refractivity contribution in [3.8, 4) is 0 Å². The van der Waals surface area contributed by atoms with E-state index in [0.717, 1.165) is 24.8 Å². The first-order valence-corrected chi connectivity index (χ1v) is 10.5. The number of phosphoric acid groups is 1. The molecule has 1 atom stereocenters. The monoisotopic (exact) mass is 371 g/mol. The maximum absolute atomic E-state index is 11.7. The van der Waals surface area contributed by atoms with E-state index >= 15 is 0 Å². The molecule has 0 bridgehead atoms. The fraction of sp³-hybridized carbons (Fsp3) is 0.611. The Labute approximate surface area is 150 Å². The lowest BCUT2D eigenvalue weighted by atomic mass is 10.1. The summed E-state index contributed by atoms with van der Waals surface area (Å²) >= 11 is 0. The minimum atomic E-state index is -4.27. The number of rotatable bonds is 14. The van der Waals surface area contributed by atoms with E-state index in [9.17, 15) is 14.3 Å². The van der Waals surface area contributed by atoms with Crippen molar-refractivity contribution in [1.29, 1.82) is 0 Å². The van der Waals surface area contributed by atoms with Crippen molar-refractivity contribution in [3.63, 3.8) is 0 Å². The lowest BCUT2D eigenvalue weighted by Gasteiger charge is -2.12. The maximum atomic E-state index is 11.7. The summed E-state index contributed by atoms with van der Waals surface area (Å²) < 4.78 is 21.0. The molecule has 0 aromatic heterocycles. The molecule has 0 saturated heterocycles. The van der Waals surface area contributed by atoms with Crippen molar-refractivity contribution in [2.75, 3.05) is 6.61 Å². The van der Waals surface area contributed by atoms with E-state index in [1.165, 1.54) is 25.7 Å². The first kappa shape index (κ1) is 21.8. The summed E-state index contributed by atoms with van der Waals surface area (Å²) in [4.78, 5) is 21.1. The molecule has 1 rings (SSSR count). The first-order valence-electron chi connectivity index (χ1n) is 9.02. The number of carbonyl (C=O) groups excluding carboxylic acids is 1. The van der Waals surface area contributed by atoms with Gasteiger partial charge in [-0.1, -0.05) is 75.8 Å². The normalized spacial score (nSPS) is 13.4. The van der Waals surface area contributed by atoms with Crippen molar-refractivity contribution in [2.45, 2.75) is 64.7 Å². The number of phosphoric ester groups is 1. The molecule has 0 heterocycles. The Morgan fingerprint density at radius 2 is 1.72 bits per heavy atom. The molecule has 0 spiro atoms. The van der Waals surface area contributed by atoms with Crippen LogP contribution in [-0.4, -0.2) is 17.4 Å². The smallest absolute Gasteiger partial charge is 0.301 e. The summed E-state index contributed by atoms with van der Waals surface area (Å²) in [5, 5.41) is 0. The lowest BCUT2D eigenvalue weighted by Crippen LogP contribution is -2.22. The third kappa shape index (κ3) is 11.9. The van der Waals surface area contributed by atoms with Crippen molar-refractivity contribution >= 4 is 13.7 Å². The van der Waals surface area contributed by atoms with Gasteiger partial charge in [-0.15, -0.1) is 0 Å². The quantitative estimate of drug-likeness (QED) is 0.285. The van der Waals surface area contributed by atoms with Crippen LogP contribution in [0.2, 0.25) is 0 Å². The molecule has 0 radical (unpaired) electrons. The van der Waals surface area contributed by atoms with Gasteiger partial charge in [0.15, 0.2) is 0 Å². The zero-order chi connectivity index (χ0) is 18.4. The molecular weight excluding hydrogens is 341 g/mol. The summed E-state index contributed by atoms with van der Waals surface area (Å²) in [6.07, 6.45) is 8.48. The molecule has 1 aromatic carbocycles. The molecule has 0 fully saturated rings. The van der Waals surface area contributed by atoms with Gasteiger partial charge in [-0.25, -0.2) is 10.0 Å². The van der Waals surface area contributed by atoms with Crippen molar-refractivity contribution in [2.24, 2.45) is 0 Å². The molecule has 0 saturated carbocycles. The summed E-state index contributed by atoms with van der Waals surface area (Å²) in [6, 6.07) is 9.46. The van der Waals surface area contributed by atoms with Gasteiger partial charge in [-0.2, -0.15) is 4.62 Å². The molecule has 0 aliphatic heterocycles. The van der Waals surface area contributed by atoms with Crippen LogP contribution in [0.5, 0.6) is 0 Å². The van der Waals surface area contributed by atoms with Gasteiger partial charge in [0, 0.05) is 6.42 Å². The molecule has 2 N–H and O–H groups in total. The SMILES string of the molecule is CCCCCCCCCC(=O)NOP(=O)(O)OCCc1ccccc1. The highest BCUT2D eigenvalue weighted by atomic mass is 31.2. The Kier molecular flexibility index (Phi) is 11.4. The summed E-state index contributed by atoms with van der Waals surface area (Å²) in [5.41, 5.74) is 3.00. The first-order chi connectivity index (χ1) is 12.0. The van der Waals surface area contributed by atoms with E-state index in [1.54, 1.807) is 0 Å². The van der Waals surface area contributed by atoms with Gasteiger partial charge in [0.25, 0.3) is 0 Å². The fourth-order valence-electron chi connectivity index (χ4n) is 2.35. The minimum absolute atomic E-state index is 0.0332. The lowest BCUT2D eigenvalue weighted by molar-refractivity contribution is -0.128.